The summed E-state index contributed by atoms with van der Waals surface area (Å²) in [5.41, 5.74) is 0.377. The molecule has 0 N–H and O–H groups in total. The van der Waals surface area contributed by atoms with Crippen molar-refractivity contribution in [2.75, 3.05) is 6.61 Å². The van der Waals surface area contributed by atoms with Crippen molar-refractivity contribution in [3.63, 3.8) is 0 Å². The highest BCUT2D eigenvalue weighted by Crippen LogP contribution is 2.12. The first-order valence-electron chi connectivity index (χ1n) is 3.64. The third-order valence-corrected chi connectivity index (χ3v) is 1.28. The zero-order valence-electron chi connectivity index (χ0n) is 7.03. The van der Waals surface area contributed by atoms with E-state index >= 15 is 0 Å². The molecule has 0 unspecified atom stereocenters. The van der Waals surface area contributed by atoms with Gasteiger partial charge in [-0.05, 0) is 13.8 Å². The second-order valence-corrected chi connectivity index (χ2v) is 2.18. The van der Waals surface area contributed by atoms with Crippen molar-refractivity contribution < 1.29 is 4.74 Å². The first-order chi connectivity index (χ1) is 5.77. The number of hydrogen-bond acceptors (Lipinski definition) is 4. The molecule has 1 aromatic heterocycles. The summed E-state index contributed by atoms with van der Waals surface area (Å²) in [4.78, 5) is 7.86. The van der Waals surface area contributed by atoms with E-state index in [2.05, 4.69) is 9.97 Å². The highest BCUT2D eigenvalue weighted by molar-refractivity contribution is 5.35. The quantitative estimate of drug-likeness (QED) is 0.654. The Hall–Kier alpha value is -1.63. The van der Waals surface area contributed by atoms with Crippen molar-refractivity contribution in [1.29, 1.82) is 5.26 Å². The number of ether oxygens (including phenoxy) is 1. The molecular weight excluding hydrogens is 154 g/mol. The van der Waals surface area contributed by atoms with Gasteiger partial charge in [0.25, 0.3) is 0 Å². The molecule has 0 fully saturated rings. The molecule has 0 bridgehead atoms. The van der Waals surface area contributed by atoms with Crippen LogP contribution in [-0.2, 0) is 0 Å². The van der Waals surface area contributed by atoms with Crippen LogP contribution in [0.15, 0.2) is 6.20 Å². The average molecular weight is 163 g/mol. The lowest BCUT2D eigenvalue weighted by Gasteiger charge is -2.02. The van der Waals surface area contributed by atoms with Gasteiger partial charge in [0.05, 0.1) is 12.8 Å². The van der Waals surface area contributed by atoms with Gasteiger partial charge in [-0.15, -0.1) is 0 Å². The van der Waals surface area contributed by atoms with Crippen molar-refractivity contribution in [3.8, 4) is 11.9 Å². The van der Waals surface area contributed by atoms with Crippen LogP contribution in [0.2, 0.25) is 0 Å². The molecule has 4 heteroatoms. The van der Waals surface area contributed by atoms with Gasteiger partial charge in [0.15, 0.2) is 0 Å². The average Bonchev–Trinajstić information content (AvgIpc) is 2.05. The summed E-state index contributed by atoms with van der Waals surface area (Å²) in [6, 6.07) is 1.96. The molecule has 0 saturated heterocycles. The zero-order valence-corrected chi connectivity index (χ0v) is 7.03. The molecule has 4 nitrogen and oxygen atoms in total. The number of nitrogens with zero attached hydrogens (tertiary/aromatic N) is 3. The maximum absolute atomic E-state index is 8.63. The highest BCUT2D eigenvalue weighted by atomic mass is 16.5. The van der Waals surface area contributed by atoms with Crippen LogP contribution in [0.1, 0.15) is 18.3 Å². The standard InChI is InChI=1S/C8H9N3O/c1-3-12-8-7(4-9)5-10-6(2)11-8/h5H,3H2,1-2H3. The highest BCUT2D eigenvalue weighted by Gasteiger charge is 2.04. The Labute approximate surface area is 70.8 Å². The Bertz CT molecular complexity index is 317. The molecule has 1 rings (SSSR count). The Balaban J connectivity index is 3.06. The molecular formula is C8H9N3O. The van der Waals surface area contributed by atoms with Crippen molar-refractivity contribution in [2.24, 2.45) is 0 Å². The van der Waals surface area contributed by atoms with Crippen LogP contribution < -0.4 is 4.74 Å². The zero-order chi connectivity index (χ0) is 8.97. The minimum Gasteiger partial charge on any atom is -0.477 e. The van der Waals surface area contributed by atoms with E-state index in [1.807, 2.05) is 13.0 Å². The van der Waals surface area contributed by atoms with Crippen LogP contribution in [0.5, 0.6) is 5.88 Å². The predicted octanol–water partition coefficient (Wildman–Crippen LogP) is 1.06. The fourth-order valence-corrected chi connectivity index (χ4v) is 0.773. The van der Waals surface area contributed by atoms with E-state index in [1.54, 1.807) is 6.92 Å². The molecule has 62 valence electrons. The summed E-state index contributed by atoms with van der Waals surface area (Å²) in [6.07, 6.45) is 1.47. The summed E-state index contributed by atoms with van der Waals surface area (Å²) in [7, 11) is 0. The van der Waals surface area contributed by atoms with Gasteiger partial charge in [0.1, 0.15) is 17.5 Å². The van der Waals surface area contributed by atoms with E-state index in [1.165, 1.54) is 6.20 Å². The molecule has 0 aliphatic carbocycles. The second kappa shape index (κ2) is 3.67. The Morgan fingerprint density at radius 3 is 3.00 bits per heavy atom. The van der Waals surface area contributed by atoms with Crippen LogP contribution in [-0.4, -0.2) is 16.6 Å². The minimum atomic E-state index is 0.368. The normalized spacial score (nSPS) is 9.08. The van der Waals surface area contributed by atoms with Gasteiger partial charge in [-0.25, -0.2) is 4.98 Å². The molecule has 0 aromatic carbocycles. The van der Waals surface area contributed by atoms with E-state index in [0.717, 1.165) is 0 Å². The van der Waals surface area contributed by atoms with Crippen LogP contribution in [0.3, 0.4) is 0 Å². The fraction of sp³-hybridized carbons (Fsp3) is 0.375. The molecule has 0 aliphatic rings. The minimum absolute atomic E-state index is 0.368. The Morgan fingerprint density at radius 1 is 1.67 bits per heavy atom. The van der Waals surface area contributed by atoms with Crippen molar-refractivity contribution >= 4 is 0 Å². The predicted molar refractivity (Wildman–Crippen MR) is 42.7 cm³/mol. The van der Waals surface area contributed by atoms with Crippen LogP contribution in [0.4, 0.5) is 0 Å². The Kier molecular flexibility index (Phi) is 2.59. The van der Waals surface area contributed by atoms with Crippen molar-refractivity contribution in [2.45, 2.75) is 13.8 Å². The van der Waals surface area contributed by atoms with E-state index in [4.69, 9.17) is 10.00 Å². The summed E-state index contributed by atoms with van der Waals surface area (Å²) >= 11 is 0. The van der Waals surface area contributed by atoms with E-state index in [9.17, 15) is 0 Å². The number of hydrogen-bond donors (Lipinski definition) is 0. The van der Waals surface area contributed by atoms with Crippen LogP contribution >= 0.6 is 0 Å². The Morgan fingerprint density at radius 2 is 2.42 bits per heavy atom. The molecule has 0 spiro atoms. The first-order valence-corrected chi connectivity index (χ1v) is 3.64. The third-order valence-electron chi connectivity index (χ3n) is 1.28. The largest absolute Gasteiger partial charge is 0.477 e. The van der Waals surface area contributed by atoms with Gasteiger partial charge < -0.3 is 4.74 Å². The fourth-order valence-electron chi connectivity index (χ4n) is 0.773. The molecule has 0 aliphatic heterocycles. The lowest BCUT2D eigenvalue weighted by atomic mass is 10.3. The van der Waals surface area contributed by atoms with Gasteiger partial charge >= 0.3 is 0 Å². The van der Waals surface area contributed by atoms with Crippen LogP contribution in [0, 0.1) is 18.3 Å². The van der Waals surface area contributed by atoms with Crippen LogP contribution in [0.25, 0.3) is 0 Å². The molecule has 12 heavy (non-hydrogen) atoms. The summed E-state index contributed by atoms with van der Waals surface area (Å²) in [5, 5.41) is 8.63. The lowest BCUT2D eigenvalue weighted by molar-refractivity contribution is 0.324. The maximum Gasteiger partial charge on any atom is 0.235 e. The third kappa shape index (κ3) is 1.70. The molecule has 1 aromatic rings. The second-order valence-electron chi connectivity index (χ2n) is 2.18. The van der Waals surface area contributed by atoms with Crippen molar-refractivity contribution in [1.82, 2.24) is 9.97 Å². The van der Waals surface area contributed by atoms with Gasteiger partial charge in [0, 0.05) is 0 Å². The lowest BCUT2D eigenvalue weighted by Crippen LogP contribution is -2.00. The topological polar surface area (TPSA) is 58.8 Å². The summed E-state index contributed by atoms with van der Waals surface area (Å²) in [6.45, 7) is 4.10. The number of nitriles is 1. The molecule has 0 atom stereocenters. The van der Waals surface area contributed by atoms with Crippen molar-refractivity contribution in [3.05, 3.63) is 17.6 Å². The van der Waals surface area contributed by atoms with E-state index in [-0.39, 0.29) is 0 Å². The summed E-state index contributed by atoms with van der Waals surface area (Å²) in [5.74, 6) is 0.977. The molecule has 0 radical (unpaired) electrons. The number of aromatic nitrogens is 2. The van der Waals surface area contributed by atoms with E-state index in [0.29, 0.717) is 23.9 Å². The van der Waals surface area contributed by atoms with Gasteiger partial charge in [-0.2, -0.15) is 10.2 Å². The number of aryl methyl sites for hydroxylation is 1. The molecule has 1 heterocycles. The van der Waals surface area contributed by atoms with Gasteiger partial charge in [-0.3, -0.25) is 0 Å². The van der Waals surface area contributed by atoms with Gasteiger partial charge in [0.2, 0.25) is 5.88 Å². The number of rotatable bonds is 2. The van der Waals surface area contributed by atoms with E-state index < -0.39 is 0 Å². The SMILES string of the molecule is CCOc1nc(C)ncc1C#N. The summed E-state index contributed by atoms with van der Waals surface area (Å²) < 4.78 is 5.14. The first kappa shape index (κ1) is 8.47. The molecule has 0 amide bonds. The monoisotopic (exact) mass is 163 g/mol. The maximum atomic E-state index is 8.63. The van der Waals surface area contributed by atoms with Gasteiger partial charge in [-0.1, -0.05) is 0 Å². The molecule has 0 saturated carbocycles. The smallest absolute Gasteiger partial charge is 0.235 e.